The van der Waals surface area contributed by atoms with Gasteiger partial charge >= 0.3 is 0 Å². The molecule has 0 bridgehead atoms. The summed E-state index contributed by atoms with van der Waals surface area (Å²) in [5, 5.41) is 8.04. The second-order valence-electron chi connectivity index (χ2n) is 10.1. The second-order valence-corrected chi connectivity index (χ2v) is 10.1. The molecule has 0 heterocycles. The van der Waals surface area contributed by atoms with Crippen LogP contribution in [0.4, 0.5) is 0 Å². The maximum Gasteiger partial charge on any atom is 0.00673 e. The van der Waals surface area contributed by atoms with Gasteiger partial charge < -0.3 is 10.6 Å². The van der Waals surface area contributed by atoms with Gasteiger partial charge in [-0.15, -0.1) is 0 Å². The van der Waals surface area contributed by atoms with Crippen LogP contribution in [0.25, 0.3) is 0 Å². The molecule has 0 radical (unpaired) electrons. The Morgan fingerprint density at radius 3 is 1.32 bits per heavy atom. The summed E-state index contributed by atoms with van der Waals surface area (Å²) in [4.78, 5) is 0. The molecule has 0 amide bonds. The zero-order chi connectivity index (χ0) is 18.1. The molecule has 2 aliphatic rings. The third-order valence-electron chi connectivity index (χ3n) is 6.42. The first-order valence-electron chi connectivity index (χ1n) is 11.5. The number of rotatable bonds is 10. The Morgan fingerprint density at radius 2 is 1.00 bits per heavy atom. The monoisotopic (exact) mass is 350 g/mol. The van der Waals surface area contributed by atoms with Gasteiger partial charge in [-0.3, -0.25) is 0 Å². The standard InChI is InChI=1S/C23H46N2/c1-19(2)15-23(16-20(3)4,17-24-21-11-7-5-8-12-21)18-25-22-13-9-6-10-14-22/h19-22,24-25H,5-18H2,1-4H3. The third-order valence-corrected chi connectivity index (χ3v) is 6.42. The van der Waals surface area contributed by atoms with Crippen molar-refractivity contribution in [2.45, 2.75) is 117 Å². The van der Waals surface area contributed by atoms with E-state index in [2.05, 4.69) is 38.3 Å². The van der Waals surface area contributed by atoms with Crippen molar-refractivity contribution in [2.75, 3.05) is 13.1 Å². The minimum Gasteiger partial charge on any atom is -0.313 e. The summed E-state index contributed by atoms with van der Waals surface area (Å²) in [6.45, 7) is 12.1. The van der Waals surface area contributed by atoms with Crippen molar-refractivity contribution in [3.05, 3.63) is 0 Å². The van der Waals surface area contributed by atoms with Crippen molar-refractivity contribution in [3.63, 3.8) is 0 Å². The maximum atomic E-state index is 4.02. The predicted molar refractivity (Wildman–Crippen MR) is 111 cm³/mol. The fraction of sp³-hybridized carbons (Fsp3) is 1.00. The van der Waals surface area contributed by atoms with E-state index in [9.17, 15) is 0 Å². The van der Waals surface area contributed by atoms with E-state index in [1.165, 1.54) is 90.1 Å². The van der Waals surface area contributed by atoms with Crippen LogP contribution in [0.2, 0.25) is 0 Å². The van der Waals surface area contributed by atoms with Gasteiger partial charge in [-0.05, 0) is 55.8 Å². The number of nitrogens with one attached hydrogen (secondary N) is 2. The van der Waals surface area contributed by atoms with E-state index >= 15 is 0 Å². The first-order valence-corrected chi connectivity index (χ1v) is 11.5. The van der Waals surface area contributed by atoms with Crippen LogP contribution in [0.15, 0.2) is 0 Å². The van der Waals surface area contributed by atoms with Crippen LogP contribution in [0, 0.1) is 17.3 Å². The Hall–Kier alpha value is -0.0800. The summed E-state index contributed by atoms with van der Waals surface area (Å²) < 4.78 is 0. The molecule has 2 rings (SSSR count). The molecule has 2 nitrogen and oxygen atoms in total. The van der Waals surface area contributed by atoms with Crippen LogP contribution < -0.4 is 10.6 Å². The van der Waals surface area contributed by atoms with Crippen LogP contribution in [-0.4, -0.2) is 25.2 Å². The molecule has 0 aromatic carbocycles. The Morgan fingerprint density at radius 1 is 0.640 bits per heavy atom. The highest BCUT2D eigenvalue weighted by Crippen LogP contribution is 2.34. The van der Waals surface area contributed by atoms with Gasteiger partial charge in [-0.25, -0.2) is 0 Å². The van der Waals surface area contributed by atoms with Gasteiger partial charge in [-0.2, -0.15) is 0 Å². The Balaban J connectivity index is 1.97. The second kappa shape index (κ2) is 10.9. The van der Waals surface area contributed by atoms with Gasteiger partial charge in [0, 0.05) is 25.2 Å². The average molecular weight is 351 g/mol. The van der Waals surface area contributed by atoms with Crippen molar-refractivity contribution >= 4 is 0 Å². The minimum absolute atomic E-state index is 0.428. The maximum absolute atomic E-state index is 4.02. The normalized spacial score (nSPS) is 21.4. The summed E-state index contributed by atoms with van der Waals surface area (Å²) in [6.07, 6.45) is 16.9. The Kier molecular flexibility index (Phi) is 9.27. The lowest BCUT2D eigenvalue weighted by molar-refractivity contribution is 0.148. The van der Waals surface area contributed by atoms with E-state index in [-0.39, 0.29) is 0 Å². The van der Waals surface area contributed by atoms with Crippen molar-refractivity contribution < 1.29 is 0 Å². The molecule has 0 aliphatic heterocycles. The van der Waals surface area contributed by atoms with Crippen molar-refractivity contribution in [1.82, 2.24) is 10.6 Å². The first kappa shape index (κ1) is 21.2. The van der Waals surface area contributed by atoms with E-state index in [0.29, 0.717) is 5.41 Å². The summed E-state index contributed by atoms with van der Waals surface area (Å²) in [6, 6.07) is 1.56. The van der Waals surface area contributed by atoms with E-state index in [0.717, 1.165) is 23.9 Å². The first-order chi connectivity index (χ1) is 12.0. The lowest BCUT2D eigenvalue weighted by atomic mass is 9.73. The number of hydrogen-bond donors (Lipinski definition) is 2. The topological polar surface area (TPSA) is 24.1 Å². The minimum atomic E-state index is 0.428. The highest BCUT2D eigenvalue weighted by atomic mass is 15.0. The van der Waals surface area contributed by atoms with Crippen molar-refractivity contribution in [3.8, 4) is 0 Å². The molecule has 148 valence electrons. The van der Waals surface area contributed by atoms with Crippen molar-refractivity contribution in [2.24, 2.45) is 17.3 Å². The van der Waals surface area contributed by atoms with Crippen LogP contribution >= 0.6 is 0 Å². The smallest absolute Gasteiger partial charge is 0.00673 e. The van der Waals surface area contributed by atoms with E-state index < -0.39 is 0 Å². The predicted octanol–water partition coefficient (Wildman–Crippen LogP) is 5.91. The van der Waals surface area contributed by atoms with E-state index in [1.807, 2.05) is 0 Å². The fourth-order valence-electron chi connectivity index (χ4n) is 5.50. The highest BCUT2D eigenvalue weighted by molar-refractivity contribution is 4.89. The highest BCUT2D eigenvalue weighted by Gasteiger charge is 2.33. The molecule has 2 fully saturated rings. The molecule has 25 heavy (non-hydrogen) atoms. The lowest BCUT2D eigenvalue weighted by Crippen LogP contribution is -2.49. The average Bonchev–Trinajstić information content (AvgIpc) is 2.59. The van der Waals surface area contributed by atoms with Gasteiger partial charge in [0.2, 0.25) is 0 Å². The Bertz CT molecular complexity index is 304. The van der Waals surface area contributed by atoms with Gasteiger partial charge in [0.1, 0.15) is 0 Å². The molecule has 2 heteroatoms. The van der Waals surface area contributed by atoms with E-state index in [1.54, 1.807) is 0 Å². The molecule has 2 saturated carbocycles. The third kappa shape index (κ3) is 7.99. The van der Waals surface area contributed by atoms with E-state index in [4.69, 9.17) is 0 Å². The van der Waals surface area contributed by atoms with Crippen LogP contribution in [0.1, 0.15) is 105 Å². The largest absolute Gasteiger partial charge is 0.313 e. The molecular weight excluding hydrogens is 304 g/mol. The molecule has 0 aromatic rings. The van der Waals surface area contributed by atoms with Crippen LogP contribution in [-0.2, 0) is 0 Å². The quantitative estimate of drug-likeness (QED) is 0.512. The molecule has 2 N–H and O–H groups in total. The molecule has 0 saturated heterocycles. The molecule has 0 spiro atoms. The lowest BCUT2D eigenvalue weighted by Gasteiger charge is -2.41. The van der Waals surface area contributed by atoms with Gasteiger partial charge in [0.05, 0.1) is 0 Å². The molecular formula is C23H46N2. The van der Waals surface area contributed by atoms with Gasteiger partial charge in [0.15, 0.2) is 0 Å². The molecule has 0 aromatic heterocycles. The van der Waals surface area contributed by atoms with Gasteiger partial charge in [0.25, 0.3) is 0 Å². The molecule has 2 aliphatic carbocycles. The summed E-state index contributed by atoms with van der Waals surface area (Å²) in [5.74, 6) is 1.56. The van der Waals surface area contributed by atoms with Crippen LogP contribution in [0.5, 0.6) is 0 Å². The summed E-state index contributed by atoms with van der Waals surface area (Å²) >= 11 is 0. The van der Waals surface area contributed by atoms with Crippen molar-refractivity contribution in [1.29, 1.82) is 0 Å². The van der Waals surface area contributed by atoms with Crippen LogP contribution in [0.3, 0.4) is 0 Å². The fourth-order valence-corrected chi connectivity index (χ4v) is 5.50. The zero-order valence-electron chi connectivity index (χ0n) is 17.7. The number of hydrogen-bond acceptors (Lipinski definition) is 2. The van der Waals surface area contributed by atoms with Gasteiger partial charge in [-0.1, -0.05) is 66.2 Å². The SMILES string of the molecule is CC(C)CC(CNC1CCCCC1)(CNC1CCCCC1)CC(C)C. The molecule has 0 atom stereocenters. The summed E-state index contributed by atoms with van der Waals surface area (Å²) in [7, 11) is 0. The molecule has 0 unspecified atom stereocenters. The zero-order valence-corrected chi connectivity index (χ0v) is 17.7. The summed E-state index contributed by atoms with van der Waals surface area (Å²) in [5.41, 5.74) is 0.428. The Labute approximate surface area is 158 Å².